The van der Waals surface area contributed by atoms with Gasteiger partial charge in [-0.3, -0.25) is 4.57 Å². The molecule has 0 aromatic rings. The fourth-order valence-corrected chi connectivity index (χ4v) is 1.45. The first-order valence-corrected chi connectivity index (χ1v) is 5.49. The van der Waals surface area contributed by atoms with Crippen LogP contribution < -0.4 is 0 Å². The Labute approximate surface area is 67.0 Å². The summed E-state index contributed by atoms with van der Waals surface area (Å²) in [5.74, 6) is 0. The summed E-state index contributed by atoms with van der Waals surface area (Å²) >= 11 is 0. The van der Waals surface area contributed by atoms with Gasteiger partial charge in [0, 0.05) is 13.8 Å². The maximum absolute atomic E-state index is 10.7. The first-order chi connectivity index (χ1) is 4.99. The van der Waals surface area contributed by atoms with E-state index in [2.05, 4.69) is 0 Å². The standard InChI is InChI=1S/C6H15O4P/c1-4-6(5-9-2)10-11(3,7)8/h6H,4-5H2,1-3H3,(H,7,8). The lowest BCUT2D eigenvalue weighted by Gasteiger charge is -2.16. The number of ether oxygens (including phenoxy) is 1. The highest BCUT2D eigenvalue weighted by molar-refractivity contribution is 7.51. The molecule has 4 nitrogen and oxygen atoms in total. The summed E-state index contributed by atoms with van der Waals surface area (Å²) in [5, 5.41) is 0. The predicted molar refractivity (Wildman–Crippen MR) is 42.8 cm³/mol. The molecule has 0 rings (SSSR count). The van der Waals surface area contributed by atoms with Gasteiger partial charge in [-0.1, -0.05) is 6.92 Å². The molecule has 68 valence electrons. The molecule has 0 bridgehead atoms. The van der Waals surface area contributed by atoms with Gasteiger partial charge in [0.05, 0.1) is 12.7 Å². The quantitative estimate of drug-likeness (QED) is 0.650. The van der Waals surface area contributed by atoms with Crippen molar-refractivity contribution in [1.29, 1.82) is 0 Å². The Kier molecular flexibility index (Phi) is 4.93. The van der Waals surface area contributed by atoms with Crippen LogP contribution in [0.25, 0.3) is 0 Å². The van der Waals surface area contributed by atoms with Crippen molar-refractivity contribution in [3.8, 4) is 0 Å². The van der Waals surface area contributed by atoms with Gasteiger partial charge < -0.3 is 14.2 Å². The second-order valence-electron chi connectivity index (χ2n) is 2.39. The predicted octanol–water partition coefficient (Wildman–Crippen LogP) is 1.24. The van der Waals surface area contributed by atoms with Gasteiger partial charge in [-0.05, 0) is 6.42 Å². The van der Waals surface area contributed by atoms with Crippen LogP contribution in [0.4, 0.5) is 0 Å². The molecule has 5 heteroatoms. The third-order valence-corrected chi connectivity index (χ3v) is 1.84. The normalized spacial score (nSPS) is 19.3. The zero-order valence-corrected chi connectivity index (χ0v) is 8.01. The van der Waals surface area contributed by atoms with Crippen LogP contribution in [0.3, 0.4) is 0 Å². The molecule has 0 saturated carbocycles. The smallest absolute Gasteiger partial charge is 0.325 e. The van der Waals surface area contributed by atoms with Gasteiger partial charge in [0.1, 0.15) is 0 Å². The third-order valence-electron chi connectivity index (χ3n) is 1.15. The van der Waals surface area contributed by atoms with Gasteiger partial charge >= 0.3 is 7.60 Å². The number of rotatable bonds is 5. The van der Waals surface area contributed by atoms with Gasteiger partial charge in [-0.25, -0.2) is 0 Å². The van der Waals surface area contributed by atoms with Crippen molar-refractivity contribution in [2.45, 2.75) is 19.4 Å². The molecule has 0 spiro atoms. The van der Waals surface area contributed by atoms with E-state index in [0.29, 0.717) is 13.0 Å². The highest BCUT2D eigenvalue weighted by Crippen LogP contribution is 2.38. The van der Waals surface area contributed by atoms with Crippen molar-refractivity contribution in [3.05, 3.63) is 0 Å². The second kappa shape index (κ2) is 4.88. The van der Waals surface area contributed by atoms with E-state index in [9.17, 15) is 4.57 Å². The van der Waals surface area contributed by atoms with E-state index >= 15 is 0 Å². The van der Waals surface area contributed by atoms with Crippen LogP contribution in [-0.2, 0) is 13.8 Å². The van der Waals surface area contributed by atoms with E-state index in [-0.39, 0.29) is 6.10 Å². The lowest BCUT2D eigenvalue weighted by Crippen LogP contribution is -2.16. The molecule has 0 aromatic carbocycles. The lowest BCUT2D eigenvalue weighted by atomic mass is 10.3. The molecule has 0 fully saturated rings. The van der Waals surface area contributed by atoms with Gasteiger partial charge in [0.25, 0.3) is 0 Å². The van der Waals surface area contributed by atoms with Crippen LogP contribution in [0.15, 0.2) is 0 Å². The van der Waals surface area contributed by atoms with Crippen molar-refractivity contribution >= 4 is 7.60 Å². The third kappa shape index (κ3) is 6.51. The largest absolute Gasteiger partial charge is 0.382 e. The zero-order valence-electron chi connectivity index (χ0n) is 7.11. The molecule has 2 unspecified atom stereocenters. The molecule has 0 aliphatic heterocycles. The monoisotopic (exact) mass is 182 g/mol. The highest BCUT2D eigenvalue weighted by atomic mass is 31.2. The first kappa shape index (κ1) is 11.1. The minimum atomic E-state index is -3.35. The number of methoxy groups -OCH3 is 1. The topological polar surface area (TPSA) is 55.8 Å². The zero-order chi connectivity index (χ0) is 8.91. The average Bonchev–Trinajstić information content (AvgIpc) is 1.84. The average molecular weight is 182 g/mol. The molecule has 0 aromatic heterocycles. The molecule has 0 radical (unpaired) electrons. The molecule has 0 aliphatic rings. The number of hydrogen-bond donors (Lipinski definition) is 1. The summed E-state index contributed by atoms with van der Waals surface area (Å²) < 4.78 is 20.3. The molecular formula is C6H15O4P. The Morgan fingerprint density at radius 1 is 1.64 bits per heavy atom. The van der Waals surface area contributed by atoms with Crippen LogP contribution in [-0.4, -0.2) is 31.4 Å². The summed E-state index contributed by atoms with van der Waals surface area (Å²) in [7, 11) is -1.82. The summed E-state index contributed by atoms with van der Waals surface area (Å²) in [5.41, 5.74) is 0. The molecule has 2 atom stereocenters. The van der Waals surface area contributed by atoms with Gasteiger partial charge in [-0.2, -0.15) is 0 Å². The number of hydrogen-bond acceptors (Lipinski definition) is 3. The van der Waals surface area contributed by atoms with Crippen LogP contribution in [0, 0.1) is 0 Å². The van der Waals surface area contributed by atoms with E-state index < -0.39 is 7.60 Å². The molecule has 0 aliphatic carbocycles. The molecule has 0 amide bonds. The second-order valence-corrected chi connectivity index (χ2v) is 4.21. The van der Waals surface area contributed by atoms with E-state index in [1.54, 1.807) is 0 Å². The van der Waals surface area contributed by atoms with E-state index in [4.69, 9.17) is 14.2 Å². The fourth-order valence-electron chi connectivity index (χ4n) is 0.685. The van der Waals surface area contributed by atoms with Crippen LogP contribution in [0.5, 0.6) is 0 Å². The molecular weight excluding hydrogens is 167 g/mol. The van der Waals surface area contributed by atoms with E-state index in [1.165, 1.54) is 13.8 Å². The highest BCUT2D eigenvalue weighted by Gasteiger charge is 2.17. The van der Waals surface area contributed by atoms with Crippen molar-refractivity contribution in [2.75, 3.05) is 20.4 Å². The first-order valence-electron chi connectivity index (χ1n) is 3.47. The summed E-state index contributed by atoms with van der Waals surface area (Å²) in [6, 6.07) is 0. The van der Waals surface area contributed by atoms with Gasteiger partial charge in [0.2, 0.25) is 0 Å². The molecule has 0 saturated heterocycles. The maximum atomic E-state index is 10.7. The van der Waals surface area contributed by atoms with Crippen LogP contribution >= 0.6 is 7.60 Å². The van der Waals surface area contributed by atoms with E-state index in [0.717, 1.165) is 0 Å². The molecule has 11 heavy (non-hydrogen) atoms. The Morgan fingerprint density at radius 3 is 2.45 bits per heavy atom. The fraction of sp³-hybridized carbons (Fsp3) is 1.00. The minimum absolute atomic E-state index is 0.277. The Morgan fingerprint density at radius 2 is 2.18 bits per heavy atom. The van der Waals surface area contributed by atoms with Gasteiger partial charge in [0.15, 0.2) is 0 Å². The van der Waals surface area contributed by atoms with Crippen molar-refractivity contribution in [3.63, 3.8) is 0 Å². The Bertz CT molecular complexity index is 142. The Hall–Kier alpha value is 0.110. The summed E-state index contributed by atoms with van der Waals surface area (Å²) in [4.78, 5) is 8.82. The van der Waals surface area contributed by atoms with Crippen molar-refractivity contribution < 1.29 is 18.7 Å². The maximum Gasteiger partial charge on any atom is 0.325 e. The SMILES string of the molecule is CCC(COC)OP(C)(=O)O. The van der Waals surface area contributed by atoms with Crippen LogP contribution in [0.1, 0.15) is 13.3 Å². The van der Waals surface area contributed by atoms with Crippen LogP contribution in [0.2, 0.25) is 0 Å². The molecule has 1 N–H and O–H groups in total. The minimum Gasteiger partial charge on any atom is -0.382 e. The summed E-state index contributed by atoms with van der Waals surface area (Å²) in [6.45, 7) is 3.40. The van der Waals surface area contributed by atoms with E-state index in [1.807, 2.05) is 6.92 Å². The Balaban J connectivity index is 3.78. The van der Waals surface area contributed by atoms with Gasteiger partial charge in [-0.15, -0.1) is 0 Å². The lowest BCUT2D eigenvalue weighted by molar-refractivity contribution is 0.0715. The molecule has 0 heterocycles. The summed E-state index contributed by atoms with van der Waals surface area (Å²) in [6.07, 6.45) is 0.396. The van der Waals surface area contributed by atoms with Crippen molar-refractivity contribution in [2.24, 2.45) is 0 Å². The van der Waals surface area contributed by atoms with Crippen molar-refractivity contribution in [1.82, 2.24) is 0 Å².